The third kappa shape index (κ3) is 5.12. The van der Waals surface area contributed by atoms with Gasteiger partial charge in [0.15, 0.2) is 0 Å². The number of carbonyl (C=O) groups excluding carboxylic acids is 2. The van der Waals surface area contributed by atoms with Crippen LogP contribution in [0.4, 0.5) is 10.5 Å². The van der Waals surface area contributed by atoms with Crippen molar-refractivity contribution in [1.29, 1.82) is 0 Å². The molecule has 0 saturated heterocycles. The van der Waals surface area contributed by atoms with E-state index < -0.39 is 17.7 Å². The minimum atomic E-state index is -0.838. The zero-order chi connectivity index (χ0) is 20.1. The molecule has 0 aliphatic heterocycles. The van der Waals surface area contributed by atoms with E-state index in [1.807, 2.05) is 42.5 Å². The maximum atomic E-state index is 13.1. The molecular formula is C23H28N2O3. The molecule has 2 aromatic rings. The van der Waals surface area contributed by atoms with Crippen molar-refractivity contribution in [2.45, 2.75) is 58.1 Å². The summed E-state index contributed by atoms with van der Waals surface area (Å²) in [6.07, 6.45) is 3.68. The Morgan fingerprint density at radius 3 is 2.39 bits per heavy atom. The molecule has 5 heteroatoms. The topological polar surface area (TPSA) is 67.4 Å². The van der Waals surface area contributed by atoms with E-state index in [0.29, 0.717) is 5.56 Å². The Morgan fingerprint density at radius 2 is 1.68 bits per heavy atom. The fourth-order valence-electron chi connectivity index (χ4n) is 3.47. The van der Waals surface area contributed by atoms with E-state index in [1.54, 1.807) is 20.8 Å². The number of benzene rings is 2. The average Bonchev–Trinajstić information content (AvgIpc) is 2.65. The predicted molar refractivity (Wildman–Crippen MR) is 110 cm³/mol. The van der Waals surface area contributed by atoms with Gasteiger partial charge in [-0.1, -0.05) is 42.5 Å². The summed E-state index contributed by atoms with van der Waals surface area (Å²) in [5, 5.41) is 5.74. The van der Waals surface area contributed by atoms with Crippen LogP contribution < -0.4 is 10.6 Å². The summed E-state index contributed by atoms with van der Waals surface area (Å²) in [4.78, 5) is 25.4. The van der Waals surface area contributed by atoms with E-state index in [4.69, 9.17) is 4.74 Å². The Bertz CT molecular complexity index is 841. The average molecular weight is 380 g/mol. The molecule has 0 radical (unpaired) electrons. The summed E-state index contributed by atoms with van der Waals surface area (Å²) in [6.45, 7) is 5.38. The minimum absolute atomic E-state index is 0.281. The molecule has 0 bridgehead atoms. The summed E-state index contributed by atoms with van der Waals surface area (Å²) in [5.74, 6) is -0.281. The number of amides is 2. The molecule has 0 aromatic heterocycles. The van der Waals surface area contributed by atoms with Gasteiger partial charge in [0.25, 0.3) is 5.91 Å². The first-order chi connectivity index (χ1) is 13.3. The quantitative estimate of drug-likeness (QED) is 0.803. The van der Waals surface area contributed by atoms with Gasteiger partial charge < -0.3 is 15.4 Å². The summed E-state index contributed by atoms with van der Waals surface area (Å²) < 4.78 is 5.35. The smallest absolute Gasteiger partial charge is 0.408 e. The minimum Gasteiger partial charge on any atom is -0.444 e. The van der Waals surface area contributed by atoms with Crippen molar-refractivity contribution in [2.24, 2.45) is 0 Å². The molecular weight excluding hydrogens is 352 g/mol. The number of hydrogen-bond acceptors (Lipinski definition) is 3. The van der Waals surface area contributed by atoms with E-state index in [1.165, 1.54) is 17.5 Å². The first-order valence-electron chi connectivity index (χ1n) is 9.79. The van der Waals surface area contributed by atoms with Crippen molar-refractivity contribution in [3.63, 3.8) is 0 Å². The van der Waals surface area contributed by atoms with E-state index >= 15 is 0 Å². The van der Waals surface area contributed by atoms with E-state index in [-0.39, 0.29) is 5.91 Å². The van der Waals surface area contributed by atoms with Crippen LogP contribution in [0, 0.1) is 0 Å². The van der Waals surface area contributed by atoms with Crippen LogP contribution in [-0.4, -0.2) is 17.6 Å². The Kier molecular flexibility index (Phi) is 6.02. The van der Waals surface area contributed by atoms with Crippen LogP contribution in [0.5, 0.6) is 0 Å². The highest BCUT2D eigenvalue weighted by atomic mass is 16.6. The van der Waals surface area contributed by atoms with Crippen LogP contribution in [-0.2, 0) is 22.4 Å². The number of ether oxygens (including phenoxy) is 1. The molecule has 0 saturated carbocycles. The molecule has 1 aliphatic carbocycles. The second-order valence-electron chi connectivity index (χ2n) is 8.13. The number of anilines is 1. The Labute approximate surface area is 166 Å². The maximum absolute atomic E-state index is 13.1. The Hall–Kier alpha value is -2.82. The third-order valence-corrected chi connectivity index (χ3v) is 4.71. The molecule has 0 spiro atoms. The molecule has 0 heterocycles. The first kappa shape index (κ1) is 19.9. The highest BCUT2D eigenvalue weighted by Gasteiger charge is 2.26. The lowest BCUT2D eigenvalue weighted by Crippen LogP contribution is -2.40. The Morgan fingerprint density at radius 1 is 0.964 bits per heavy atom. The van der Waals surface area contributed by atoms with Crippen molar-refractivity contribution in [2.75, 3.05) is 5.32 Å². The van der Waals surface area contributed by atoms with Crippen LogP contribution >= 0.6 is 0 Å². The molecule has 3 rings (SSSR count). The van der Waals surface area contributed by atoms with Crippen molar-refractivity contribution in [1.82, 2.24) is 5.32 Å². The standard InChI is InChI=1S/C23H28N2O3/c1-23(2,3)28-22(27)25-20(17-11-5-4-6-12-17)21(26)24-19-15-9-13-16-10-7-8-14-18(16)19/h4-6,9,11-13,15,20H,7-8,10,14H2,1-3H3,(H,24,26)(H,25,27). The summed E-state index contributed by atoms with van der Waals surface area (Å²) in [7, 11) is 0. The van der Waals surface area contributed by atoms with E-state index in [9.17, 15) is 9.59 Å². The predicted octanol–water partition coefficient (Wildman–Crippen LogP) is 4.77. The summed E-state index contributed by atoms with van der Waals surface area (Å²) in [6, 6.07) is 14.4. The van der Waals surface area contributed by atoms with Crippen molar-refractivity contribution >= 4 is 17.7 Å². The molecule has 1 unspecified atom stereocenters. The number of nitrogens with one attached hydrogen (secondary N) is 2. The maximum Gasteiger partial charge on any atom is 0.408 e. The van der Waals surface area contributed by atoms with Crippen LogP contribution in [0.15, 0.2) is 48.5 Å². The van der Waals surface area contributed by atoms with Gasteiger partial charge in [0, 0.05) is 5.69 Å². The first-order valence-corrected chi connectivity index (χ1v) is 9.79. The number of aryl methyl sites for hydroxylation is 1. The van der Waals surface area contributed by atoms with E-state index in [2.05, 4.69) is 16.7 Å². The second kappa shape index (κ2) is 8.46. The second-order valence-corrected chi connectivity index (χ2v) is 8.13. The molecule has 5 nitrogen and oxygen atoms in total. The van der Waals surface area contributed by atoms with Gasteiger partial charge in [0.2, 0.25) is 0 Å². The molecule has 2 aromatic carbocycles. The zero-order valence-electron chi connectivity index (χ0n) is 16.7. The lowest BCUT2D eigenvalue weighted by atomic mass is 9.90. The van der Waals surface area contributed by atoms with Gasteiger partial charge in [-0.2, -0.15) is 0 Å². The number of alkyl carbamates (subject to hydrolysis) is 1. The molecule has 2 amide bonds. The highest BCUT2D eigenvalue weighted by molar-refractivity contribution is 5.98. The molecule has 1 aliphatic rings. The number of hydrogen-bond donors (Lipinski definition) is 2. The fraction of sp³-hybridized carbons (Fsp3) is 0.391. The van der Waals surface area contributed by atoms with Crippen molar-refractivity contribution < 1.29 is 14.3 Å². The molecule has 28 heavy (non-hydrogen) atoms. The zero-order valence-corrected chi connectivity index (χ0v) is 16.7. The summed E-state index contributed by atoms with van der Waals surface area (Å²) >= 11 is 0. The normalized spacial score (nSPS) is 14.5. The van der Waals surface area contributed by atoms with Gasteiger partial charge in [0.05, 0.1) is 0 Å². The van der Waals surface area contributed by atoms with Crippen LogP contribution in [0.2, 0.25) is 0 Å². The van der Waals surface area contributed by atoms with Gasteiger partial charge in [-0.15, -0.1) is 0 Å². The lowest BCUT2D eigenvalue weighted by Gasteiger charge is -2.25. The molecule has 2 N–H and O–H groups in total. The van der Waals surface area contributed by atoms with Crippen molar-refractivity contribution in [3.8, 4) is 0 Å². The number of carbonyl (C=O) groups is 2. The van der Waals surface area contributed by atoms with Gasteiger partial charge in [-0.05, 0) is 69.2 Å². The largest absolute Gasteiger partial charge is 0.444 e. The fourth-order valence-corrected chi connectivity index (χ4v) is 3.47. The van der Waals surface area contributed by atoms with E-state index in [0.717, 1.165) is 24.9 Å². The van der Waals surface area contributed by atoms with Crippen LogP contribution in [0.3, 0.4) is 0 Å². The van der Waals surface area contributed by atoms with Gasteiger partial charge in [0.1, 0.15) is 11.6 Å². The van der Waals surface area contributed by atoms with Gasteiger partial charge in [-0.3, -0.25) is 4.79 Å². The lowest BCUT2D eigenvalue weighted by molar-refractivity contribution is -0.118. The highest BCUT2D eigenvalue weighted by Crippen LogP contribution is 2.28. The van der Waals surface area contributed by atoms with Gasteiger partial charge >= 0.3 is 6.09 Å². The van der Waals surface area contributed by atoms with Gasteiger partial charge in [-0.25, -0.2) is 4.79 Å². The molecule has 1 atom stereocenters. The third-order valence-electron chi connectivity index (χ3n) is 4.71. The Balaban J connectivity index is 1.82. The molecule has 0 fully saturated rings. The van der Waals surface area contributed by atoms with Crippen LogP contribution in [0.25, 0.3) is 0 Å². The van der Waals surface area contributed by atoms with Crippen molar-refractivity contribution in [3.05, 3.63) is 65.2 Å². The van der Waals surface area contributed by atoms with Crippen LogP contribution in [0.1, 0.15) is 56.3 Å². The molecule has 148 valence electrons. The number of rotatable bonds is 4. The SMILES string of the molecule is CC(C)(C)OC(=O)NC(C(=O)Nc1cccc2c1CCCC2)c1ccccc1. The number of fused-ring (bicyclic) bond motifs is 1. The monoisotopic (exact) mass is 380 g/mol. The summed E-state index contributed by atoms with van der Waals surface area (Å²) in [5.41, 5.74) is 3.39.